The summed E-state index contributed by atoms with van der Waals surface area (Å²) >= 11 is 6.03. The highest BCUT2D eigenvalue weighted by Gasteiger charge is 2.27. The first kappa shape index (κ1) is 15.3. The highest BCUT2D eigenvalue weighted by Crippen LogP contribution is 2.36. The third-order valence-electron chi connectivity index (χ3n) is 3.54. The average molecular weight is 339 g/mol. The summed E-state index contributed by atoms with van der Waals surface area (Å²) in [5, 5.41) is 0.390. The number of rotatable bonds is 4. The molecule has 0 saturated carbocycles. The zero-order valence-corrected chi connectivity index (χ0v) is 13.5. The van der Waals surface area contributed by atoms with Crippen molar-refractivity contribution in [1.82, 2.24) is 9.71 Å². The Morgan fingerprint density at radius 3 is 2.77 bits per heavy atom. The summed E-state index contributed by atoms with van der Waals surface area (Å²) < 4.78 is 33.4. The molecule has 0 amide bonds. The molecule has 0 bridgehead atoms. The van der Waals surface area contributed by atoms with Crippen LogP contribution in [-0.2, 0) is 16.4 Å². The fourth-order valence-electron chi connectivity index (χ4n) is 2.45. The summed E-state index contributed by atoms with van der Waals surface area (Å²) in [6.07, 6.45) is 3.92. The van der Waals surface area contributed by atoms with Crippen LogP contribution in [0.25, 0.3) is 0 Å². The van der Waals surface area contributed by atoms with E-state index in [1.165, 1.54) is 6.07 Å². The number of pyridine rings is 1. The first-order valence-electron chi connectivity index (χ1n) is 6.85. The maximum absolute atomic E-state index is 12.7. The van der Waals surface area contributed by atoms with Crippen molar-refractivity contribution in [2.45, 2.75) is 24.3 Å². The summed E-state index contributed by atoms with van der Waals surface area (Å²) in [5.41, 5.74) is 1.66. The van der Waals surface area contributed by atoms with E-state index in [1.807, 2.05) is 0 Å². The van der Waals surface area contributed by atoms with Crippen molar-refractivity contribution >= 4 is 21.6 Å². The molecule has 0 saturated heterocycles. The summed E-state index contributed by atoms with van der Waals surface area (Å²) in [4.78, 5) is 4.02. The molecule has 1 N–H and O–H groups in total. The molecule has 1 aliphatic heterocycles. The van der Waals surface area contributed by atoms with Gasteiger partial charge in [-0.2, -0.15) is 0 Å². The molecule has 7 heteroatoms. The molecule has 0 spiro atoms. The third-order valence-corrected chi connectivity index (χ3v) is 5.31. The molecule has 2 aromatic rings. The molecule has 0 aliphatic carbocycles. The molecule has 1 aromatic heterocycles. The minimum atomic E-state index is -3.74. The van der Waals surface area contributed by atoms with E-state index in [4.69, 9.17) is 16.3 Å². The molecule has 2 heterocycles. The maximum atomic E-state index is 12.7. The number of aromatic nitrogens is 1. The first-order valence-corrected chi connectivity index (χ1v) is 8.71. The summed E-state index contributed by atoms with van der Waals surface area (Å²) in [5.74, 6) is 0.402. The van der Waals surface area contributed by atoms with E-state index in [0.29, 0.717) is 23.8 Å². The number of halogens is 1. The van der Waals surface area contributed by atoms with Crippen LogP contribution in [0.15, 0.2) is 41.6 Å². The molecular formula is C15H15ClN2O3S. The molecule has 0 unspecified atom stereocenters. The average Bonchev–Trinajstić information content (AvgIpc) is 2.94. The standard InChI is InChI=1S/C15H15ClN2O3S/c1-10(11-2-5-17-6-3-11)18-22(19,20)14-9-13(16)8-12-4-7-21-15(12)14/h2-3,5-6,8-10,18H,4,7H2,1H3/t10-/m1/s1. The molecule has 1 aliphatic rings. The first-order chi connectivity index (χ1) is 10.5. The van der Waals surface area contributed by atoms with Gasteiger partial charge in [-0.15, -0.1) is 0 Å². The maximum Gasteiger partial charge on any atom is 0.244 e. The van der Waals surface area contributed by atoms with Gasteiger partial charge < -0.3 is 4.74 Å². The van der Waals surface area contributed by atoms with Crippen molar-refractivity contribution in [3.8, 4) is 5.75 Å². The van der Waals surface area contributed by atoms with Crippen LogP contribution in [0.2, 0.25) is 5.02 Å². The van der Waals surface area contributed by atoms with Gasteiger partial charge in [0.1, 0.15) is 10.6 Å². The molecule has 0 fully saturated rings. The Balaban J connectivity index is 1.94. The normalized spacial score (nSPS) is 15.2. The van der Waals surface area contributed by atoms with Gasteiger partial charge in [0, 0.05) is 35.4 Å². The number of sulfonamides is 1. The highest BCUT2D eigenvalue weighted by molar-refractivity contribution is 7.89. The van der Waals surface area contributed by atoms with Crippen LogP contribution in [-0.4, -0.2) is 20.0 Å². The Bertz CT molecular complexity index is 794. The van der Waals surface area contributed by atoms with E-state index >= 15 is 0 Å². The molecule has 5 nitrogen and oxygen atoms in total. The minimum Gasteiger partial charge on any atom is -0.492 e. The number of ether oxygens (including phenoxy) is 1. The second-order valence-electron chi connectivity index (χ2n) is 5.11. The highest BCUT2D eigenvalue weighted by atomic mass is 35.5. The third kappa shape index (κ3) is 2.95. The van der Waals surface area contributed by atoms with Crippen molar-refractivity contribution in [3.63, 3.8) is 0 Å². The van der Waals surface area contributed by atoms with Gasteiger partial charge in [0.15, 0.2) is 0 Å². The van der Waals surface area contributed by atoms with E-state index in [1.54, 1.807) is 37.5 Å². The number of nitrogens with one attached hydrogen (secondary N) is 1. The molecule has 116 valence electrons. The summed E-state index contributed by atoms with van der Waals surface area (Å²) in [7, 11) is -3.74. The van der Waals surface area contributed by atoms with Gasteiger partial charge in [-0.25, -0.2) is 13.1 Å². The Morgan fingerprint density at radius 2 is 2.05 bits per heavy atom. The fraction of sp³-hybridized carbons (Fsp3) is 0.267. The van der Waals surface area contributed by atoms with Crippen LogP contribution in [0.1, 0.15) is 24.1 Å². The predicted molar refractivity (Wildman–Crippen MR) is 83.6 cm³/mol. The summed E-state index contributed by atoms with van der Waals surface area (Å²) in [6, 6.07) is 6.32. The van der Waals surface area contributed by atoms with E-state index in [2.05, 4.69) is 9.71 Å². The Hall–Kier alpha value is -1.63. The quantitative estimate of drug-likeness (QED) is 0.930. The number of fused-ring (bicyclic) bond motifs is 1. The van der Waals surface area contributed by atoms with Crippen LogP contribution in [0.5, 0.6) is 5.75 Å². The topological polar surface area (TPSA) is 68.3 Å². The lowest BCUT2D eigenvalue weighted by molar-refractivity contribution is 0.348. The van der Waals surface area contributed by atoms with E-state index in [0.717, 1.165) is 11.1 Å². The molecule has 0 radical (unpaired) electrons. The van der Waals surface area contributed by atoms with Crippen LogP contribution < -0.4 is 9.46 Å². The van der Waals surface area contributed by atoms with E-state index < -0.39 is 10.0 Å². The van der Waals surface area contributed by atoms with Crippen LogP contribution in [0.4, 0.5) is 0 Å². The minimum absolute atomic E-state index is 0.0911. The lowest BCUT2D eigenvalue weighted by Gasteiger charge is -2.16. The van der Waals surface area contributed by atoms with Crippen molar-refractivity contribution in [2.75, 3.05) is 6.61 Å². The van der Waals surface area contributed by atoms with Crippen molar-refractivity contribution < 1.29 is 13.2 Å². The number of nitrogens with zero attached hydrogens (tertiary/aromatic N) is 1. The van der Waals surface area contributed by atoms with Gasteiger partial charge in [0.2, 0.25) is 10.0 Å². The second-order valence-corrected chi connectivity index (χ2v) is 7.23. The predicted octanol–water partition coefficient (Wildman–Crippen LogP) is 2.71. The van der Waals surface area contributed by atoms with E-state index in [-0.39, 0.29) is 10.9 Å². The van der Waals surface area contributed by atoms with Gasteiger partial charge in [-0.05, 0) is 36.8 Å². The molecule has 22 heavy (non-hydrogen) atoms. The Labute approximate surface area is 134 Å². The van der Waals surface area contributed by atoms with Gasteiger partial charge in [-0.1, -0.05) is 11.6 Å². The molecular weight excluding hydrogens is 324 g/mol. The van der Waals surface area contributed by atoms with Crippen LogP contribution in [0, 0.1) is 0 Å². The van der Waals surface area contributed by atoms with Crippen molar-refractivity contribution in [3.05, 3.63) is 52.8 Å². The Kier molecular flexibility index (Phi) is 4.08. The van der Waals surface area contributed by atoms with Gasteiger partial charge in [-0.3, -0.25) is 4.98 Å². The fourth-order valence-corrected chi connectivity index (χ4v) is 4.20. The lowest BCUT2D eigenvalue weighted by atomic mass is 10.1. The van der Waals surface area contributed by atoms with Crippen LogP contribution in [0.3, 0.4) is 0 Å². The SMILES string of the molecule is C[C@@H](NS(=O)(=O)c1cc(Cl)cc2c1OCC2)c1ccncc1. The summed E-state index contributed by atoms with van der Waals surface area (Å²) in [6.45, 7) is 2.25. The van der Waals surface area contributed by atoms with Crippen molar-refractivity contribution in [1.29, 1.82) is 0 Å². The number of hydrogen-bond donors (Lipinski definition) is 1. The van der Waals surface area contributed by atoms with Crippen molar-refractivity contribution in [2.24, 2.45) is 0 Å². The lowest BCUT2D eigenvalue weighted by Crippen LogP contribution is -2.27. The van der Waals surface area contributed by atoms with E-state index in [9.17, 15) is 8.42 Å². The van der Waals surface area contributed by atoms with Crippen LogP contribution >= 0.6 is 11.6 Å². The van der Waals surface area contributed by atoms with Gasteiger partial charge >= 0.3 is 0 Å². The van der Waals surface area contributed by atoms with Gasteiger partial charge in [0.05, 0.1) is 6.61 Å². The number of hydrogen-bond acceptors (Lipinski definition) is 4. The molecule has 1 aromatic carbocycles. The second kappa shape index (κ2) is 5.87. The Morgan fingerprint density at radius 1 is 1.32 bits per heavy atom. The largest absolute Gasteiger partial charge is 0.492 e. The molecule has 3 rings (SSSR count). The zero-order valence-electron chi connectivity index (χ0n) is 11.9. The number of benzene rings is 1. The van der Waals surface area contributed by atoms with Gasteiger partial charge in [0.25, 0.3) is 0 Å². The smallest absolute Gasteiger partial charge is 0.244 e. The molecule has 1 atom stereocenters. The zero-order chi connectivity index (χ0) is 15.7. The monoisotopic (exact) mass is 338 g/mol.